The van der Waals surface area contributed by atoms with Crippen molar-refractivity contribution >= 4 is 23.4 Å². The van der Waals surface area contributed by atoms with Crippen molar-refractivity contribution in [1.29, 1.82) is 0 Å². The van der Waals surface area contributed by atoms with Crippen LogP contribution < -0.4 is 10.6 Å². The van der Waals surface area contributed by atoms with Crippen molar-refractivity contribution in [2.24, 2.45) is 5.92 Å². The fraction of sp³-hybridized carbons (Fsp3) is 0.500. The maximum absolute atomic E-state index is 12.5. The molecule has 0 bridgehead atoms. The zero-order valence-corrected chi connectivity index (χ0v) is 13.9. The molecular weight excluding hydrogens is 306 g/mol. The summed E-state index contributed by atoms with van der Waals surface area (Å²) in [5.74, 6) is 0.0974. The Kier molecular flexibility index (Phi) is 4.83. The van der Waals surface area contributed by atoms with Crippen LogP contribution in [-0.2, 0) is 9.59 Å². The highest BCUT2D eigenvalue weighted by Crippen LogP contribution is 2.27. The average Bonchev–Trinajstić information content (AvgIpc) is 2.93. The zero-order chi connectivity index (χ0) is 17.1. The van der Waals surface area contributed by atoms with Crippen molar-refractivity contribution in [2.45, 2.75) is 38.6 Å². The van der Waals surface area contributed by atoms with Gasteiger partial charge >= 0.3 is 0 Å². The number of carbonyl (C=O) groups is 3. The molecule has 1 aliphatic carbocycles. The molecule has 2 aliphatic rings. The van der Waals surface area contributed by atoms with Crippen LogP contribution in [0.2, 0.25) is 0 Å². The Hall–Kier alpha value is -2.37. The Balaban J connectivity index is 1.56. The number of carbonyl (C=O) groups excluding carboxylic acids is 3. The molecule has 1 heterocycles. The number of rotatable bonds is 4. The normalized spacial score (nSPS) is 20.4. The largest absolute Gasteiger partial charge is 0.352 e. The van der Waals surface area contributed by atoms with Gasteiger partial charge in [-0.2, -0.15) is 0 Å². The van der Waals surface area contributed by atoms with Gasteiger partial charge in [-0.1, -0.05) is 6.42 Å². The summed E-state index contributed by atoms with van der Waals surface area (Å²) in [5, 5.41) is 5.75. The first kappa shape index (κ1) is 16.5. The Morgan fingerprint density at radius 3 is 2.38 bits per heavy atom. The minimum Gasteiger partial charge on any atom is -0.352 e. The number of anilines is 1. The predicted octanol–water partition coefficient (Wildman–Crippen LogP) is 1.78. The molecule has 1 atom stereocenters. The van der Waals surface area contributed by atoms with Crippen molar-refractivity contribution in [1.82, 2.24) is 10.2 Å². The Bertz CT molecular complexity index is 637. The lowest BCUT2D eigenvalue weighted by Crippen LogP contribution is -2.37. The topological polar surface area (TPSA) is 78.5 Å². The molecule has 1 aliphatic heterocycles. The Morgan fingerprint density at radius 1 is 1.08 bits per heavy atom. The van der Waals surface area contributed by atoms with Crippen molar-refractivity contribution in [3.8, 4) is 0 Å². The van der Waals surface area contributed by atoms with Crippen LogP contribution in [0.5, 0.6) is 0 Å². The molecule has 0 spiro atoms. The van der Waals surface area contributed by atoms with E-state index in [0.29, 0.717) is 18.7 Å². The van der Waals surface area contributed by atoms with E-state index in [1.165, 1.54) is 6.92 Å². The first-order chi connectivity index (χ1) is 11.5. The van der Waals surface area contributed by atoms with Gasteiger partial charge in [0.2, 0.25) is 11.8 Å². The fourth-order valence-electron chi connectivity index (χ4n) is 3.14. The summed E-state index contributed by atoms with van der Waals surface area (Å²) in [7, 11) is 0. The van der Waals surface area contributed by atoms with Crippen molar-refractivity contribution < 1.29 is 14.4 Å². The first-order valence-corrected chi connectivity index (χ1v) is 8.50. The van der Waals surface area contributed by atoms with Gasteiger partial charge in [0.1, 0.15) is 0 Å². The number of hydrogen-bond acceptors (Lipinski definition) is 3. The number of nitrogens with one attached hydrogen (secondary N) is 2. The third-order valence-electron chi connectivity index (χ3n) is 4.76. The van der Waals surface area contributed by atoms with E-state index < -0.39 is 0 Å². The molecule has 2 fully saturated rings. The molecule has 6 nitrogen and oxygen atoms in total. The Labute approximate surface area is 141 Å². The molecule has 0 unspecified atom stereocenters. The molecule has 1 aromatic carbocycles. The van der Waals surface area contributed by atoms with E-state index in [2.05, 4.69) is 10.6 Å². The zero-order valence-electron chi connectivity index (χ0n) is 13.9. The average molecular weight is 329 g/mol. The second-order valence-corrected chi connectivity index (χ2v) is 6.63. The van der Waals surface area contributed by atoms with Crippen LogP contribution in [0.25, 0.3) is 0 Å². The van der Waals surface area contributed by atoms with Crippen molar-refractivity contribution in [3.05, 3.63) is 29.8 Å². The summed E-state index contributed by atoms with van der Waals surface area (Å²) < 4.78 is 0. The van der Waals surface area contributed by atoms with Crippen LogP contribution in [0.15, 0.2) is 24.3 Å². The van der Waals surface area contributed by atoms with E-state index in [1.807, 2.05) is 0 Å². The smallest absolute Gasteiger partial charge is 0.253 e. The quantitative estimate of drug-likeness (QED) is 0.884. The number of benzene rings is 1. The minimum atomic E-state index is -0.0687. The first-order valence-electron chi connectivity index (χ1n) is 8.50. The molecule has 1 saturated carbocycles. The molecule has 1 aromatic rings. The standard InChI is InChI=1S/C18H23N3O3/c1-12(22)19-16-9-10-21(11-16)18(24)14-5-7-15(8-6-14)20-17(23)13-3-2-4-13/h5-8,13,16H,2-4,9-11H2,1H3,(H,19,22)(H,20,23)/t16-/m0/s1. The van der Waals surface area contributed by atoms with Crippen molar-refractivity contribution in [2.75, 3.05) is 18.4 Å². The maximum Gasteiger partial charge on any atom is 0.253 e. The molecule has 2 N–H and O–H groups in total. The monoisotopic (exact) mass is 329 g/mol. The third-order valence-corrected chi connectivity index (χ3v) is 4.76. The Morgan fingerprint density at radius 2 is 1.79 bits per heavy atom. The maximum atomic E-state index is 12.5. The lowest BCUT2D eigenvalue weighted by molar-refractivity contribution is -0.122. The lowest BCUT2D eigenvalue weighted by atomic mass is 9.85. The molecule has 3 amide bonds. The molecule has 0 radical (unpaired) electrons. The molecule has 24 heavy (non-hydrogen) atoms. The summed E-state index contributed by atoms with van der Waals surface area (Å²) in [6.07, 6.45) is 3.83. The molecular formula is C18H23N3O3. The summed E-state index contributed by atoms with van der Waals surface area (Å²) in [6.45, 7) is 2.67. The van der Waals surface area contributed by atoms with E-state index in [0.717, 1.165) is 31.4 Å². The van der Waals surface area contributed by atoms with Crippen LogP contribution in [0.1, 0.15) is 43.0 Å². The van der Waals surface area contributed by atoms with Gasteiger partial charge < -0.3 is 15.5 Å². The van der Waals surface area contributed by atoms with Crippen LogP contribution in [0, 0.1) is 5.92 Å². The highest BCUT2D eigenvalue weighted by molar-refractivity contribution is 5.96. The SMILES string of the molecule is CC(=O)N[C@H]1CCN(C(=O)c2ccc(NC(=O)C3CCC3)cc2)C1. The molecule has 6 heteroatoms. The van der Waals surface area contributed by atoms with Gasteiger partial charge in [0.15, 0.2) is 0 Å². The second kappa shape index (κ2) is 7.03. The second-order valence-electron chi connectivity index (χ2n) is 6.63. The van der Waals surface area contributed by atoms with Gasteiger partial charge in [-0.25, -0.2) is 0 Å². The molecule has 3 rings (SSSR count). The predicted molar refractivity (Wildman–Crippen MR) is 90.5 cm³/mol. The lowest BCUT2D eigenvalue weighted by Gasteiger charge is -2.24. The highest BCUT2D eigenvalue weighted by atomic mass is 16.2. The van der Waals surface area contributed by atoms with Gasteiger partial charge in [0.05, 0.1) is 0 Å². The van der Waals surface area contributed by atoms with Crippen LogP contribution in [0.3, 0.4) is 0 Å². The van der Waals surface area contributed by atoms with Crippen LogP contribution in [0.4, 0.5) is 5.69 Å². The fourth-order valence-corrected chi connectivity index (χ4v) is 3.14. The summed E-state index contributed by atoms with van der Waals surface area (Å²) in [5.41, 5.74) is 1.32. The molecule has 128 valence electrons. The number of nitrogens with zero attached hydrogens (tertiary/aromatic N) is 1. The van der Waals surface area contributed by atoms with Gasteiger partial charge in [-0.05, 0) is 43.5 Å². The van der Waals surface area contributed by atoms with Gasteiger partial charge in [-0.15, -0.1) is 0 Å². The van der Waals surface area contributed by atoms with E-state index in [9.17, 15) is 14.4 Å². The van der Waals surface area contributed by atoms with E-state index >= 15 is 0 Å². The van der Waals surface area contributed by atoms with Gasteiger partial charge in [0, 0.05) is 43.2 Å². The van der Waals surface area contributed by atoms with E-state index in [1.54, 1.807) is 29.2 Å². The summed E-state index contributed by atoms with van der Waals surface area (Å²) in [4.78, 5) is 37.3. The number of hydrogen-bond donors (Lipinski definition) is 2. The summed E-state index contributed by atoms with van der Waals surface area (Å²) >= 11 is 0. The number of likely N-dealkylation sites (tertiary alicyclic amines) is 1. The summed E-state index contributed by atoms with van der Waals surface area (Å²) in [6, 6.07) is 7.05. The number of amides is 3. The van der Waals surface area contributed by atoms with E-state index in [4.69, 9.17) is 0 Å². The molecule has 1 saturated heterocycles. The van der Waals surface area contributed by atoms with Gasteiger partial charge in [-0.3, -0.25) is 14.4 Å². The van der Waals surface area contributed by atoms with Crippen molar-refractivity contribution in [3.63, 3.8) is 0 Å². The van der Waals surface area contributed by atoms with Crippen LogP contribution >= 0.6 is 0 Å². The molecule has 0 aromatic heterocycles. The highest BCUT2D eigenvalue weighted by Gasteiger charge is 2.28. The third kappa shape index (κ3) is 3.75. The van der Waals surface area contributed by atoms with Gasteiger partial charge in [0.25, 0.3) is 5.91 Å². The van der Waals surface area contributed by atoms with Crippen LogP contribution in [-0.4, -0.2) is 41.8 Å². The van der Waals surface area contributed by atoms with E-state index in [-0.39, 0.29) is 29.7 Å². The minimum absolute atomic E-state index is 0.0347.